The van der Waals surface area contributed by atoms with Crippen molar-refractivity contribution in [3.8, 4) is 11.1 Å². The largest absolute Gasteiger partial charge is 0.367 e. The second-order valence-corrected chi connectivity index (χ2v) is 6.58. The van der Waals surface area contributed by atoms with E-state index in [2.05, 4.69) is 25.6 Å². The maximum absolute atomic E-state index is 6.01. The number of hydrazine groups is 1. The third-order valence-electron chi connectivity index (χ3n) is 4.64. The fraction of sp³-hybridized carbons (Fsp3) is 0.438. The van der Waals surface area contributed by atoms with Gasteiger partial charge in [0.05, 0.1) is 0 Å². The highest BCUT2D eigenvalue weighted by molar-refractivity contribution is 6.31. The first kappa shape index (κ1) is 17.1. The molecule has 0 bridgehead atoms. The normalized spacial score (nSPS) is 20.6. The molecule has 0 radical (unpaired) electrons. The number of pyridine rings is 1. The van der Waals surface area contributed by atoms with E-state index in [1.807, 2.05) is 12.1 Å². The van der Waals surface area contributed by atoms with E-state index in [9.17, 15) is 0 Å². The second kappa shape index (κ2) is 8.42. The molecule has 126 valence electrons. The van der Waals surface area contributed by atoms with Crippen LogP contribution >= 0.6 is 11.6 Å². The van der Waals surface area contributed by atoms with Crippen molar-refractivity contribution in [1.29, 1.82) is 0 Å². The number of nitrogens with two attached hydrogens (primary N) is 1. The van der Waals surface area contributed by atoms with Gasteiger partial charge in [-0.15, -0.1) is 0 Å². The molecule has 6 nitrogen and oxygen atoms in total. The quantitative estimate of drug-likeness (QED) is 0.323. The summed E-state index contributed by atoms with van der Waals surface area (Å²) in [6.07, 6.45) is 11.1. The lowest BCUT2D eigenvalue weighted by Crippen LogP contribution is -2.31. The zero-order valence-electron chi connectivity index (χ0n) is 13.6. The molecule has 0 aliphatic heterocycles. The number of rotatable bonds is 6. The third kappa shape index (κ3) is 4.44. The minimum absolute atomic E-state index is 0.262. The van der Waals surface area contributed by atoms with Crippen LogP contribution in [0.1, 0.15) is 25.7 Å². The van der Waals surface area contributed by atoms with Gasteiger partial charge in [0.25, 0.3) is 0 Å². The van der Waals surface area contributed by atoms with Crippen LogP contribution in [0.25, 0.3) is 11.1 Å². The van der Waals surface area contributed by atoms with Gasteiger partial charge >= 0.3 is 0 Å². The fourth-order valence-electron chi connectivity index (χ4n) is 3.29. The van der Waals surface area contributed by atoms with Crippen LogP contribution in [0.3, 0.4) is 0 Å². The molecule has 1 aliphatic rings. The summed E-state index contributed by atoms with van der Waals surface area (Å²) in [5.74, 6) is 6.92. The molecule has 0 unspecified atom stereocenters. The number of nitrogens with zero attached hydrogens (tertiary/aromatic N) is 3. The SMILES string of the molecule is NNBC[C@H]1CC[C@@H](Nc2nc(Cl)ncc2-c2ccncc2)CC1. The highest BCUT2D eigenvalue weighted by Crippen LogP contribution is 2.31. The summed E-state index contributed by atoms with van der Waals surface area (Å²) in [5.41, 5.74) is 1.99. The van der Waals surface area contributed by atoms with Crippen LogP contribution in [0.4, 0.5) is 5.82 Å². The molecule has 4 N–H and O–H groups in total. The van der Waals surface area contributed by atoms with Crippen LogP contribution in [-0.4, -0.2) is 28.4 Å². The Labute approximate surface area is 147 Å². The molecule has 0 atom stereocenters. The molecule has 0 aromatic carbocycles. The summed E-state index contributed by atoms with van der Waals surface area (Å²) in [6, 6.07) is 4.32. The Morgan fingerprint density at radius 2 is 1.96 bits per heavy atom. The Hall–Kier alpha value is -1.70. The molecular formula is C16H22BClN6. The van der Waals surface area contributed by atoms with Gasteiger partial charge in [-0.05, 0) is 60.9 Å². The van der Waals surface area contributed by atoms with Crippen LogP contribution in [0.2, 0.25) is 11.6 Å². The number of anilines is 1. The monoisotopic (exact) mass is 344 g/mol. The second-order valence-electron chi connectivity index (χ2n) is 6.24. The lowest BCUT2D eigenvalue weighted by Gasteiger charge is -2.29. The van der Waals surface area contributed by atoms with Crippen LogP contribution < -0.4 is 16.5 Å². The Morgan fingerprint density at radius 1 is 1.21 bits per heavy atom. The minimum atomic E-state index is 0.262. The van der Waals surface area contributed by atoms with Gasteiger partial charge in [0.15, 0.2) is 0 Å². The summed E-state index contributed by atoms with van der Waals surface area (Å²) in [6.45, 7) is 0. The van der Waals surface area contributed by atoms with E-state index in [0.29, 0.717) is 6.04 Å². The van der Waals surface area contributed by atoms with Crippen molar-refractivity contribution in [2.24, 2.45) is 11.8 Å². The standard InChI is InChI=1S/C16H22BClN6/c18-16-21-10-14(12-5-7-20-8-6-12)15(23-16)22-13-3-1-11(2-4-13)9-17-24-19/h5-8,10-11,13,17,24H,1-4,9,19H2,(H,21,22,23)/t11-,13+. The molecule has 3 rings (SSSR count). The van der Waals surface area contributed by atoms with Crippen molar-refractivity contribution in [2.75, 3.05) is 5.32 Å². The van der Waals surface area contributed by atoms with E-state index in [1.54, 1.807) is 18.6 Å². The molecule has 0 spiro atoms. The van der Waals surface area contributed by atoms with E-state index in [1.165, 1.54) is 12.8 Å². The summed E-state index contributed by atoms with van der Waals surface area (Å²) in [5, 5.41) is 6.58. The zero-order valence-corrected chi connectivity index (χ0v) is 14.3. The first-order valence-corrected chi connectivity index (χ1v) is 8.77. The highest BCUT2D eigenvalue weighted by atomic mass is 35.5. The van der Waals surface area contributed by atoms with Crippen molar-refractivity contribution >= 4 is 24.8 Å². The van der Waals surface area contributed by atoms with E-state index in [4.69, 9.17) is 17.4 Å². The topological polar surface area (TPSA) is 88.8 Å². The molecular weight excluding hydrogens is 322 g/mol. The van der Waals surface area contributed by atoms with Crippen LogP contribution in [0.15, 0.2) is 30.7 Å². The predicted molar refractivity (Wildman–Crippen MR) is 98.9 cm³/mol. The number of aromatic nitrogens is 3. The van der Waals surface area contributed by atoms with Gasteiger partial charge in [0.2, 0.25) is 12.7 Å². The van der Waals surface area contributed by atoms with Gasteiger partial charge in [-0.2, -0.15) is 0 Å². The molecule has 24 heavy (non-hydrogen) atoms. The molecule has 2 aromatic heterocycles. The first-order valence-electron chi connectivity index (χ1n) is 8.39. The average Bonchev–Trinajstić information content (AvgIpc) is 2.62. The van der Waals surface area contributed by atoms with Crippen LogP contribution in [-0.2, 0) is 0 Å². The van der Waals surface area contributed by atoms with Gasteiger partial charge in [-0.3, -0.25) is 10.8 Å². The Morgan fingerprint density at radius 3 is 2.67 bits per heavy atom. The summed E-state index contributed by atoms with van der Waals surface area (Å²) in [4.78, 5) is 12.6. The molecule has 8 heteroatoms. The van der Waals surface area contributed by atoms with E-state index in [0.717, 1.165) is 49.4 Å². The summed E-state index contributed by atoms with van der Waals surface area (Å²) >= 11 is 6.01. The third-order valence-corrected chi connectivity index (χ3v) is 4.82. The lowest BCUT2D eigenvalue weighted by molar-refractivity contribution is 0.359. The van der Waals surface area contributed by atoms with Crippen molar-refractivity contribution < 1.29 is 0 Å². The molecule has 1 aliphatic carbocycles. The van der Waals surface area contributed by atoms with Crippen molar-refractivity contribution in [1.82, 2.24) is 20.3 Å². The Kier molecular flexibility index (Phi) is 6.01. The van der Waals surface area contributed by atoms with E-state index >= 15 is 0 Å². The van der Waals surface area contributed by atoms with Crippen LogP contribution in [0, 0.1) is 5.92 Å². The van der Waals surface area contributed by atoms with Gasteiger partial charge in [-0.25, -0.2) is 9.97 Å². The number of hydrogen-bond donors (Lipinski definition) is 3. The zero-order chi connectivity index (χ0) is 16.8. The molecule has 1 saturated carbocycles. The van der Waals surface area contributed by atoms with E-state index < -0.39 is 0 Å². The smallest absolute Gasteiger partial charge is 0.224 e. The number of halogens is 1. The molecule has 2 heterocycles. The molecule has 1 fully saturated rings. The Balaban J connectivity index is 1.68. The molecule has 0 saturated heterocycles. The highest BCUT2D eigenvalue weighted by Gasteiger charge is 2.22. The van der Waals surface area contributed by atoms with Crippen molar-refractivity contribution in [3.05, 3.63) is 36.0 Å². The number of hydrogen-bond acceptors (Lipinski definition) is 6. The predicted octanol–water partition coefficient (Wildman–Crippen LogP) is 2.40. The molecule has 2 aromatic rings. The van der Waals surface area contributed by atoms with Gasteiger partial charge in [-0.1, -0.05) is 6.32 Å². The Bertz CT molecular complexity index is 648. The van der Waals surface area contributed by atoms with Crippen molar-refractivity contribution in [2.45, 2.75) is 38.0 Å². The van der Waals surface area contributed by atoms with E-state index in [-0.39, 0.29) is 5.28 Å². The first-order chi connectivity index (χ1) is 11.8. The summed E-state index contributed by atoms with van der Waals surface area (Å²) in [7, 11) is 0.885. The number of nitrogens with one attached hydrogen (secondary N) is 2. The maximum Gasteiger partial charge on any atom is 0.224 e. The molecule has 0 amide bonds. The van der Waals surface area contributed by atoms with Gasteiger partial charge in [0.1, 0.15) is 5.82 Å². The minimum Gasteiger partial charge on any atom is -0.367 e. The van der Waals surface area contributed by atoms with Gasteiger partial charge in [0, 0.05) is 30.2 Å². The average molecular weight is 345 g/mol. The maximum atomic E-state index is 6.01. The van der Waals surface area contributed by atoms with Crippen molar-refractivity contribution in [3.63, 3.8) is 0 Å². The van der Waals surface area contributed by atoms with Crippen LogP contribution in [0.5, 0.6) is 0 Å². The summed E-state index contributed by atoms with van der Waals surface area (Å²) < 4.78 is 0. The van der Waals surface area contributed by atoms with Gasteiger partial charge < -0.3 is 10.7 Å². The lowest BCUT2D eigenvalue weighted by atomic mass is 9.74. The fourth-order valence-corrected chi connectivity index (χ4v) is 3.42.